The summed E-state index contributed by atoms with van der Waals surface area (Å²) in [5.41, 5.74) is -2.22. The molecule has 2 aliphatic rings. The molecule has 0 amide bonds. The van der Waals surface area contributed by atoms with Crippen molar-refractivity contribution in [3.05, 3.63) is 85.8 Å². The van der Waals surface area contributed by atoms with Crippen LogP contribution in [0.3, 0.4) is 0 Å². The fourth-order valence-electron chi connectivity index (χ4n) is 3.82. The van der Waals surface area contributed by atoms with Gasteiger partial charge in [0, 0.05) is 16.3 Å². The number of nitrogens with one attached hydrogen (secondary N) is 1. The molecule has 0 unspecified atom stereocenters. The standard InChI is InChI=1S/C25H21F6N3O3S3/c1-13-4-6-19(7-5-13)40(36,37)33-21-20-22(39-15(3)14(2)34(20)23(35)32-21)38-9-8-16-10-17(24(26,27)28)12-18(11-16)25(29,30)31/h4-7,10-12H,8-9H2,1-3H3,(H,32,33,35). The lowest BCUT2D eigenvalue weighted by Gasteiger charge is -2.16. The Kier molecular flexibility index (Phi) is 8.04. The van der Waals surface area contributed by atoms with Crippen LogP contribution < -0.4 is 10.4 Å². The van der Waals surface area contributed by atoms with Crippen molar-refractivity contribution >= 4 is 38.9 Å². The topological polar surface area (TPSA) is 81.1 Å². The molecule has 1 N–H and O–H groups in total. The molecule has 0 saturated heterocycles. The molecule has 0 spiro atoms. The molecular weight excluding hydrogens is 600 g/mol. The Balaban J connectivity index is 1.68. The number of imidazole rings is 1. The van der Waals surface area contributed by atoms with Gasteiger partial charge in [0.05, 0.1) is 20.2 Å². The van der Waals surface area contributed by atoms with Crippen LogP contribution in [0.15, 0.2) is 56.4 Å². The number of aromatic nitrogens is 2. The van der Waals surface area contributed by atoms with E-state index >= 15 is 0 Å². The number of nitrogens with zero attached hydrogens (tertiary/aromatic N) is 2. The summed E-state index contributed by atoms with van der Waals surface area (Å²) in [6, 6.07) is 7.41. The molecule has 6 nitrogen and oxygen atoms in total. The highest BCUT2D eigenvalue weighted by Crippen LogP contribution is 2.40. The highest BCUT2D eigenvalue weighted by molar-refractivity contribution is 8.01. The molecule has 0 bridgehead atoms. The molecule has 2 aromatic carbocycles. The van der Waals surface area contributed by atoms with Crippen LogP contribution in [-0.2, 0) is 28.8 Å². The Morgan fingerprint density at radius 2 is 1.52 bits per heavy atom. The van der Waals surface area contributed by atoms with Crippen LogP contribution in [0.2, 0.25) is 0 Å². The largest absolute Gasteiger partial charge is 0.416 e. The SMILES string of the molecule is Cc1ccc(S(=O)(=O)Nc2nc(=O)n3c(C)c(C)sc(SCCc4cc(C(F)(F)F)cc(C(F)(F)F)c4)c2-3)cc1. The highest BCUT2D eigenvalue weighted by atomic mass is 32.2. The van der Waals surface area contributed by atoms with Gasteiger partial charge in [-0.1, -0.05) is 17.7 Å². The summed E-state index contributed by atoms with van der Waals surface area (Å²) < 4.78 is 109. The van der Waals surface area contributed by atoms with Crippen molar-refractivity contribution in [3.8, 4) is 5.69 Å². The first-order valence-corrected chi connectivity index (χ1v) is 14.8. The predicted molar refractivity (Wildman–Crippen MR) is 141 cm³/mol. The number of aryl methyl sites for hydroxylation is 3. The number of halogens is 6. The molecule has 2 aromatic rings. The van der Waals surface area contributed by atoms with Gasteiger partial charge in [-0.2, -0.15) is 31.3 Å². The van der Waals surface area contributed by atoms with Crippen molar-refractivity contribution in [2.24, 2.45) is 0 Å². The number of sulfonamides is 1. The van der Waals surface area contributed by atoms with E-state index in [1.807, 2.05) is 0 Å². The van der Waals surface area contributed by atoms with Crippen molar-refractivity contribution < 1.29 is 34.8 Å². The Hall–Kier alpha value is -3.04. The second-order valence-electron chi connectivity index (χ2n) is 8.89. The molecule has 0 aromatic heterocycles. The van der Waals surface area contributed by atoms with Gasteiger partial charge in [-0.25, -0.2) is 13.2 Å². The third-order valence-electron chi connectivity index (χ3n) is 5.96. The molecule has 0 radical (unpaired) electrons. The van der Waals surface area contributed by atoms with Gasteiger partial charge in [0.1, 0.15) is 5.69 Å². The van der Waals surface area contributed by atoms with E-state index in [1.54, 1.807) is 32.9 Å². The number of anilines is 1. The normalized spacial score (nSPS) is 12.7. The average molecular weight is 622 g/mol. The summed E-state index contributed by atoms with van der Waals surface area (Å²) in [6.07, 6.45) is -10.1. The lowest BCUT2D eigenvalue weighted by Crippen LogP contribution is -2.17. The number of hydrogen-bond acceptors (Lipinski definition) is 6. The first-order chi connectivity index (χ1) is 18.5. The number of fused-ring (bicyclic) bond motifs is 1. The molecule has 214 valence electrons. The van der Waals surface area contributed by atoms with Crippen LogP contribution in [0.4, 0.5) is 32.2 Å². The maximum absolute atomic E-state index is 13.2. The van der Waals surface area contributed by atoms with E-state index in [0.29, 0.717) is 26.9 Å². The van der Waals surface area contributed by atoms with Crippen molar-refractivity contribution in [2.45, 2.75) is 48.6 Å². The smallest absolute Gasteiger partial charge is 0.261 e. The summed E-state index contributed by atoms with van der Waals surface area (Å²) in [5.74, 6) is -0.192. The third-order valence-corrected chi connectivity index (χ3v) is 9.77. The molecule has 2 aliphatic heterocycles. The minimum atomic E-state index is -4.96. The Bertz CT molecular complexity index is 1660. The van der Waals surface area contributed by atoms with E-state index in [9.17, 15) is 39.6 Å². The van der Waals surface area contributed by atoms with Gasteiger partial charge in [0.2, 0.25) is 0 Å². The Morgan fingerprint density at radius 1 is 0.950 bits per heavy atom. The lowest BCUT2D eigenvalue weighted by molar-refractivity contribution is -0.143. The van der Waals surface area contributed by atoms with Gasteiger partial charge in [-0.15, -0.1) is 23.1 Å². The van der Waals surface area contributed by atoms with Crippen molar-refractivity contribution in [1.82, 2.24) is 9.55 Å². The second-order valence-corrected chi connectivity index (χ2v) is 13.2. The minimum absolute atomic E-state index is 0.0385. The number of alkyl halides is 6. The average Bonchev–Trinajstić information content (AvgIpc) is 3.16. The van der Waals surface area contributed by atoms with E-state index < -0.39 is 39.2 Å². The fourth-order valence-corrected chi connectivity index (χ4v) is 7.34. The Morgan fingerprint density at radius 3 is 2.08 bits per heavy atom. The van der Waals surface area contributed by atoms with E-state index in [0.717, 1.165) is 17.3 Å². The van der Waals surface area contributed by atoms with Crippen LogP contribution in [0, 0.1) is 20.8 Å². The van der Waals surface area contributed by atoms with Crippen molar-refractivity contribution in [2.75, 3.05) is 10.5 Å². The fraction of sp³-hybridized carbons (Fsp3) is 0.280. The first kappa shape index (κ1) is 29.9. The zero-order valence-corrected chi connectivity index (χ0v) is 23.5. The van der Waals surface area contributed by atoms with Gasteiger partial charge in [-0.05, 0) is 63.1 Å². The molecule has 0 aliphatic carbocycles. The third kappa shape index (κ3) is 6.31. The summed E-state index contributed by atoms with van der Waals surface area (Å²) >= 11 is 2.27. The van der Waals surface area contributed by atoms with E-state index in [4.69, 9.17) is 0 Å². The number of benzene rings is 2. The van der Waals surface area contributed by atoms with E-state index in [-0.39, 0.29) is 40.2 Å². The Labute approximate surface area is 233 Å². The summed E-state index contributed by atoms with van der Waals surface area (Å²) in [6.45, 7) is 5.16. The van der Waals surface area contributed by atoms with Gasteiger partial charge < -0.3 is 0 Å². The van der Waals surface area contributed by atoms with Gasteiger partial charge in [0.15, 0.2) is 5.82 Å². The number of hydrogen-bond donors (Lipinski definition) is 1. The second kappa shape index (κ2) is 10.7. The lowest BCUT2D eigenvalue weighted by atomic mass is 10.0. The highest BCUT2D eigenvalue weighted by Gasteiger charge is 2.37. The van der Waals surface area contributed by atoms with Crippen LogP contribution in [0.25, 0.3) is 5.69 Å². The molecule has 40 heavy (non-hydrogen) atoms. The summed E-state index contributed by atoms with van der Waals surface area (Å²) in [7, 11) is -4.13. The molecule has 0 fully saturated rings. The van der Waals surface area contributed by atoms with Gasteiger partial charge in [-0.3, -0.25) is 9.29 Å². The van der Waals surface area contributed by atoms with E-state index in [1.165, 1.54) is 28.0 Å². The van der Waals surface area contributed by atoms with Crippen molar-refractivity contribution in [1.29, 1.82) is 0 Å². The molecule has 4 rings (SSSR count). The minimum Gasteiger partial charge on any atom is -0.261 e. The maximum Gasteiger partial charge on any atom is 0.416 e. The number of thioether (sulfide) groups is 1. The number of rotatable bonds is 7. The molecule has 15 heteroatoms. The zero-order chi connectivity index (χ0) is 29.6. The molecule has 0 saturated carbocycles. The molecule has 0 atom stereocenters. The summed E-state index contributed by atoms with van der Waals surface area (Å²) in [5, 5.41) is 0. The van der Waals surface area contributed by atoms with Crippen LogP contribution >= 0.6 is 23.1 Å². The molecular formula is C25H21F6N3O3S3. The molecule has 2 heterocycles. The van der Waals surface area contributed by atoms with Crippen molar-refractivity contribution in [3.63, 3.8) is 0 Å². The first-order valence-electron chi connectivity index (χ1n) is 11.5. The quantitative estimate of drug-likeness (QED) is 0.181. The van der Waals surface area contributed by atoms with Crippen LogP contribution in [0.1, 0.15) is 32.8 Å². The van der Waals surface area contributed by atoms with E-state index in [2.05, 4.69) is 9.71 Å². The van der Waals surface area contributed by atoms with Gasteiger partial charge in [0.25, 0.3) is 10.0 Å². The predicted octanol–water partition coefficient (Wildman–Crippen LogP) is 6.83. The maximum atomic E-state index is 13.2. The van der Waals surface area contributed by atoms with Gasteiger partial charge >= 0.3 is 18.0 Å². The van der Waals surface area contributed by atoms with Crippen LogP contribution in [-0.4, -0.2) is 23.7 Å². The zero-order valence-electron chi connectivity index (χ0n) is 21.1. The monoisotopic (exact) mass is 621 g/mol. The van der Waals surface area contributed by atoms with Crippen LogP contribution in [0.5, 0.6) is 0 Å². The summed E-state index contributed by atoms with van der Waals surface area (Å²) in [4.78, 5) is 17.3.